The van der Waals surface area contributed by atoms with Gasteiger partial charge < -0.3 is 5.32 Å². The Balaban J connectivity index is 0.00000104. The number of hydrogen-bond donors (Lipinski definition) is 1. The molecule has 0 saturated carbocycles. The Morgan fingerprint density at radius 2 is 1.30 bits per heavy atom. The van der Waals surface area contributed by atoms with Crippen molar-refractivity contribution in [1.29, 1.82) is 0 Å². The molecule has 1 N–H and O–H groups in total. The molecule has 0 atom stereocenters. The monoisotopic (exact) mass is 635 g/mol. The molecule has 2 rings (SSSR count). The first-order valence-corrected chi connectivity index (χ1v) is 16.3. The number of unbranched alkanes of at least 4 members (excludes halogenated alkanes) is 8. The third-order valence-corrected chi connectivity index (χ3v) is 6.99. The molecule has 0 amide bonds. The van der Waals surface area contributed by atoms with Crippen LogP contribution in [0.15, 0.2) is 70.4 Å². The van der Waals surface area contributed by atoms with Crippen LogP contribution in [0.4, 0.5) is 8.78 Å². The van der Waals surface area contributed by atoms with Gasteiger partial charge in [0.05, 0.1) is 28.1 Å². The van der Waals surface area contributed by atoms with Crippen molar-refractivity contribution < 1.29 is 8.78 Å². The lowest BCUT2D eigenvalue weighted by atomic mass is 10.1. The summed E-state index contributed by atoms with van der Waals surface area (Å²) in [6.45, 7) is 18.5. The van der Waals surface area contributed by atoms with Gasteiger partial charge in [-0.2, -0.15) is 0 Å². The summed E-state index contributed by atoms with van der Waals surface area (Å²) in [4.78, 5) is 8.89. The number of rotatable bonds is 14. The van der Waals surface area contributed by atoms with Crippen molar-refractivity contribution >= 4 is 34.7 Å². The van der Waals surface area contributed by atoms with E-state index in [-0.39, 0.29) is 6.54 Å². The molecule has 0 aromatic heterocycles. The van der Waals surface area contributed by atoms with Crippen LogP contribution in [0.1, 0.15) is 124 Å². The Morgan fingerprint density at radius 3 is 1.74 bits per heavy atom. The third-order valence-electron chi connectivity index (χ3n) is 6.36. The first-order chi connectivity index (χ1) is 20.5. The molecule has 0 spiro atoms. The number of allylic oxidation sites excluding steroid dienone is 1. The van der Waals surface area contributed by atoms with E-state index in [2.05, 4.69) is 49.6 Å². The van der Waals surface area contributed by atoms with Crippen molar-refractivity contribution in [3.05, 3.63) is 93.3 Å². The predicted octanol–water partition coefficient (Wildman–Crippen LogP) is 12.7. The lowest BCUT2D eigenvalue weighted by Gasteiger charge is -2.09. The van der Waals surface area contributed by atoms with Crippen LogP contribution in [0.3, 0.4) is 0 Å². The second-order valence-corrected chi connectivity index (χ2v) is 11.3. The summed E-state index contributed by atoms with van der Waals surface area (Å²) in [5, 5.41) is 4.05. The molecule has 3 nitrogen and oxygen atoms in total. The molecule has 0 saturated heterocycles. The average molecular weight is 637 g/mol. The molecular weight excluding hydrogens is 583 g/mol. The number of hydrogen-bond acceptors (Lipinski definition) is 2. The van der Waals surface area contributed by atoms with Crippen molar-refractivity contribution in [2.75, 3.05) is 0 Å². The van der Waals surface area contributed by atoms with Crippen LogP contribution in [0, 0.1) is 11.6 Å². The highest BCUT2D eigenvalue weighted by atomic mass is 35.5. The topological polar surface area (TPSA) is 36.8 Å². The quantitative estimate of drug-likeness (QED) is 0.0952. The molecule has 43 heavy (non-hydrogen) atoms. The largest absolute Gasteiger partial charge is 0.349 e. The predicted molar refractivity (Wildman–Crippen MR) is 187 cm³/mol. The number of aliphatic imine (C=N–C) groups is 2. The molecule has 0 aliphatic heterocycles. The summed E-state index contributed by atoms with van der Waals surface area (Å²) in [5.41, 5.74) is 3.20. The van der Waals surface area contributed by atoms with Gasteiger partial charge in [0, 0.05) is 17.5 Å². The van der Waals surface area contributed by atoms with Crippen molar-refractivity contribution in [3.8, 4) is 0 Å². The molecule has 7 heteroatoms. The van der Waals surface area contributed by atoms with Gasteiger partial charge in [0.15, 0.2) is 11.6 Å². The SMILES string of the molecule is C=C(C)/C(=C\NC(C)=NCc1ccc(F)c(F)c1)N=C(C)c1c(Cl)cccc1Cl.CCCCCCC.CCCCCCC. The summed E-state index contributed by atoms with van der Waals surface area (Å²) in [6, 6.07) is 8.97. The normalized spacial score (nSPS) is 11.7. The minimum atomic E-state index is -0.893. The highest BCUT2D eigenvalue weighted by Crippen LogP contribution is 2.26. The van der Waals surface area contributed by atoms with Gasteiger partial charge in [0.1, 0.15) is 0 Å². The zero-order valence-electron chi connectivity index (χ0n) is 27.4. The number of halogens is 4. The van der Waals surface area contributed by atoms with E-state index in [1.807, 2.05) is 13.8 Å². The van der Waals surface area contributed by atoms with Gasteiger partial charge in [-0.3, -0.25) is 9.98 Å². The highest BCUT2D eigenvalue weighted by molar-refractivity contribution is 6.40. The standard InChI is InChI=1S/C22H21Cl2F2N3.2C7H16/c1-13(2)21(29-14(3)22-17(23)6-5-7-18(22)24)12-28-15(4)27-11-16-8-9-19(25)20(26)10-16;2*1-3-5-7-6-4-2/h5-10,12H,1,11H2,2-4H3,(H,27,28);2*3-7H2,1-2H3/b21-12+,29-14?;;. The summed E-state index contributed by atoms with van der Waals surface area (Å²) < 4.78 is 26.3. The zero-order valence-corrected chi connectivity index (χ0v) is 28.9. The molecule has 0 aliphatic rings. The van der Waals surface area contributed by atoms with Gasteiger partial charge in [-0.25, -0.2) is 8.78 Å². The van der Waals surface area contributed by atoms with Crippen LogP contribution in [0.2, 0.25) is 10.0 Å². The highest BCUT2D eigenvalue weighted by Gasteiger charge is 2.10. The fraction of sp³-hybridized carbons (Fsp3) is 0.500. The van der Waals surface area contributed by atoms with Crippen LogP contribution in [0.5, 0.6) is 0 Å². The van der Waals surface area contributed by atoms with Crippen LogP contribution in [0.25, 0.3) is 0 Å². The molecule has 2 aromatic rings. The maximum Gasteiger partial charge on any atom is 0.159 e. The fourth-order valence-electron chi connectivity index (χ4n) is 3.75. The van der Waals surface area contributed by atoms with Crippen molar-refractivity contribution in [2.24, 2.45) is 9.98 Å². The van der Waals surface area contributed by atoms with E-state index in [0.717, 1.165) is 17.7 Å². The molecule has 0 radical (unpaired) electrons. The lowest BCUT2D eigenvalue weighted by Crippen LogP contribution is -2.14. The van der Waals surface area contributed by atoms with E-state index in [4.69, 9.17) is 23.2 Å². The molecule has 0 unspecified atom stereocenters. The minimum Gasteiger partial charge on any atom is -0.349 e. The Morgan fingerprint density at radius 1 is 0.791 bits per heavy atom. The lowest BCUT2D eigenvalue weighted by molar-refractivity contribution is 0.507. The van der Waals surface area contributed by atoms with E-state index in [0.29, 0.717) is 38.4 Å². The third kappa shape index (κ3) is 18.7. The van der Waals surface area contributed by atoms with E-state index < -0.39 is 11.6 Å². The van der Waals surface area contributed by atoms with Gasteiger partial charge in [-0.15, -0.1) is 0 Å². The smallest absolute Gasteiger partial charge is 0.159 e. The molecule has 0 fully saturated rings. The Labute approximate surface area is 270 Å². The Hall–Kier alpha value is -2.50. The van der Waals surface area contributed by atoms with Gasteiger partial charge in [0.2, 0.25) is 0 Å². The van der Waals surface area contributed by atoms with Gasteiger partial charge in [-0.1, -0.05) is 134 Å². The van der Waals surface area contributed by atoms with Crippen LogP contribution in [-0.4, -0.2) is 11.5 Å². The van der Waals surface area contributed by atoms with Crippen molar-refractivity contribution in [3.63, 3.8) is 0 Å². The molecular formula is C36H53Cl2F2N3. The first-order valence-electron chi connectivity index (χ1n) is 15.6. The van der Waals surface area contributed by atoms with Crippen LogP contribution >= 0.6 is 23.2 Å². The number of nitrogens with zero attached hydrogens (tertiary/aromatic N) is 2. The molecule has 0 aliphatic carbocycles. The molecule has 240 valence electrons. The molecule has 2 aromatic carbocycles. The average Bonchev–Trinajstić information content (AvgIpc) is 2.97. The van der Waals surface area contributed by atoms with Crippen LogP contribution in [-0.2, 0) is 6.54 Å². The maximum absolute atomic E-state index is 13.3. The Kier molecular flexibility index (Phi) is 23.4. The summed E-state index contributed by atoms with van der Waals surface area (Å²) in [6.07, 6.45) is 15.7. The van der Waals surface area contributed by atoms with Crippen LogP contribution < -0.4 is 5.32 Å². The van der Waals surface area contributed by atoms with E-state index in [9.17, 15) is 8.78 Å². The molecule has 0 bridgehead atoms. The summed E-state index contributed by atoms with van der Waals surface area (Å²) in [5.74, 6) is -1.19. The number of amidine groups is 1. The summed E-state index contributed by atoms with van der Waals surface area (Å²) >= 11 is 12.5. The zero-order chi connectivity index (χ0) is 32.6. The Bertz CT molecular complexity index is 1130. The molecule has 0 heterocycles. The van der Waals surface area contributed by atoms with E-state index >= 15 is 0 Å². The maximum atomic E-state index is 13.3. The minimum absolute atomic E-state index is 0.212. The second-order valence-electron chi connectivity index (χ2n) is 10.5. The van der Waals surface area contributed by atoms with E-state index in [1.165, 1.54) is 70.3 Å². The second kappa shape index (κ2) is 24.9. The van der Waals surface area contributed by atoms with Crippen molar-refractivity contribution in [2.45, 2.75) is 119 Å². The van der Waals surface area contributed by atoms with Gasteiger partial charge in [0.25, 0.3) is 0 Å². The first kappa shape index (κ1) is 40.5. The van der Waals surface area contributed by atoms with E-state index in [1.54, 1.807) is 31.3 Å². The number of benzene rings is 2. The fourth-order valence-corrected chi connectivity index (χ4v) is 4.42. The number of nitrogens with one attached hydrogen (secondary N) is 1. The van der Waals surface area contributed by atoms with Gasteiger partial charge in [-0.05, 0) is 56.2 Å². The van der Waals surface area contributed by atoms with Gasteiger partial charge >= 0.3 is 0 Å². The summed E-state index contributed by atoms with van der Waals surface area (Å²) in [7, 11) is 0. The van der Waals surface area contributed by atoms with Crippen molar-refractivity contribution in [1.82, 2.24) is 5.32 Å².